The molecule has 0 bridgehead atoms. The van der Waals surface area contributed by atoms with E-state index in [-0.39, 0.29) is 24.0 Å². The molecule has 0 saturated heterocycles. The zero-order valence-electron chi connectivity index (χ0n) is 8.81. The topological polar surface area (TPSA) is 75.4 Å². The summed E-state index contributed by atoms with van der Waals surface area (Å²) in [6.07, 6.45) is 0.438. The van der Waals surface area contributed by atoms with E-state index in [9.17, 15) is 14.5 Å². The monoisotopic (exact) mass is 228 g/mol. The molecule has 1 atom stereocenters. The first kappa shape index (κ1) is 12.4. The van der Waals surface area contributed by atoms with Crippen molar-refractivity contribution in [2.24, 2.45) is 0 Å². The van der Waals surface area contributed by atoms with Crippen molar-refractivity contribution in [2.45, 2.75) is 19.4 Å². The van der Waals surface area contributed by atoms with E-state index < -0.39 is 10.7 Å². The minimum atomic E-state index is -0.576. The Morgan fingerprint density at radius 2 is 2.31 bits per heavy atom. The van der Waals surface area contributed by atoms with Crippen LogP contribution in [-0.2, 0) is 0 Å². The molecule has 2 N–H and O–H groups in total. The molecule has 0 aliphatic carbocycles. The van der Waals surface area contributed by atoms with Gasteiger partial charge < -0.3 is 10.4 Å². The van der Waals surface area contributed by atoms with Crippen molar-refractivity contribution in [3.05, 3.63) is 34.1 Å². The predicted octanol–water partition coefficient (Wildman–Crippen LogP) is 1.92. The number of aliphatic hydroxyl groups excluding tert-OH is 1. The Balaban J connectivity index is 2.92. The highest BCUT2D eigenvalue weighted by Crippen LogP contribution is 2.25. The molecule has 0 radical (unpaired) electrons. The quantitative estimate of drug-likeness (QED) is 0.596. The Kier molecular flexibility index (Phi) is 4.19. The van der Waals surface area contributed by atoms with Crippen molar-refractivity contribution >= 4 is 11.4 Å². The molecule has 0 saturated carbocycles. The number of halogens is 1. The third kappa shape index (κ3) is 3.16. The SMILES string of the molecule is CC(CCO)Nc1cc(F)ccc1[N+](=O)[O-]. The number of hydrogen-bond acceptors (Lipinski definition) is 4. The van der Waals surface area contributed by atoms with E-state index >= 15 is 0 Å². The average Bonchev–Trinajstić information content (AvgIpc) is 2.17. The number of nitrogens with zero attached hydrogens (tertiary/aromatic N) is 1. The second-order valence-electron chi connectivity index (χ2n) is 3.48. The minimum absolute atomic E-state index is 0.0305. The van der Waals surface area contributed by atoms with Gasteiger partial charge in [0.2, 0.25) is 0 Å². The van der Waals surface area contributed by atoms with Gasteiger partial charge in [0.15, 0.2) is 0 Å². The van der Waals surface area contributed by atoms with Crippen molar-refractivity contribution in [2.75, 3.05) is 11.9 Å². The Labute approximate surface area is 92.1 Å². The van der Waals surface area contributed by atoms with Crippen molar-refractivity contribution in [3.63, 3.8) is 0 Å². The number of nitrogens with one attached hydrogen (secondary N) is 1. The summed E-state index contributed by atoms with van der Waals surface area (Å²) in [4.78, 5) is 10.1. The molecule has 0 spiro atoms. The third-order valence-corrected chi connectivity index (χ3v) is 2.12. The van der Waals surface area contributed by atoms with Gasteiger partial charge in [0, 0.05) is 24.8 Å². The van der Waals surface area contributed by atoms with Crippen LogP contribution in [0, 0.1) is 15.9 Å². The van der Waals surface area contributed by atoms with Crippen LogP contribution in [0.15, 0.2) is 18.2 Å². The summed E-state index contributed by atoms with van der Waals surface area (Å²) >= 11 is 0. The van der Waals surface area contributed by atoms with Gasteiger partial charge in [0.05, 0.1) is 4.92 Å². The van der Waals surface area contributed by atoms with E-state index in [1.54, 1.807) is 6.92 Å². The van der Waals surface area contributed by atoms with Crippen LogP contribution in [0.2, 0.25) is 0 Å². The first-order valence-corrected chi connectivity index (χ1v) is 4.86. The lowest BCUT2D eigenvalue weighted by Crippen LogP contribution is -2.17. The summed E-state index contributed by atoms with van der Waals surface area (Å²) < 4.78 is 12.9. The van der Waals surface area contributed by atoms with E-state index in [0.717, 1.165) is 18.2 Å². The second kappa shape index (κ2) is 5.41. The molecule has 0 fully saturated rings. The molecular formula is C10H13FN2O3. The summed E-state index contributed by atoms with van der Waals surface area (Å²) in [6.45, 7) is 1.72. The van der Waals surface area contributed by atoms with Crippen LogP contribution in [-0.4, -0.2) is 22.7 Å². The molecule has 6 heteroatoms. The smallest absolute Gasteiger partial charge is 0.292 e. The molecular weight excluding hydrogens is 215 g/mol. The minimum Gasteiger partial charge on any atom is -0.396 e. The van der Waals surface area contributed by atoms with Crippen LogP contribution in [0.25, 0.3) is 0 Å². The normalized spacial score (nSPS) is 12.2. The molecule has 0 aliphatic rings. The number of rotatable bonds is 5. The first-order chi connectivity index (χ1) is 7.54. The van der Waals surface area contributed by atoms with Gasteiger partial charge in [-0.25, -0.2) is 4.39 Å². The maximum absolute atomic E-state index is 12.9. The molecule has 16 heavy (non-hydrogen) atoms. The molecule has 0 amide bonds. The summed E-state index contributed by atoms with van der Waals surface area (Å²) in [5.41, 5.74) is -0.0443. The first-order valence-electron chi connectivity index (χ1n) is 4.86. The van der Waals surface area contributed by atoms with Gasteiger partial charge in [0.1, 0.15) is 11.5 Å². The van der Waals surface area contributed by atoms with Crippen molar-refractivity contribution in [1.82, 2.24) is 0 Å². The van der Waals surface area contributed by atoms with Gasteiger partial charge in [-0.2, -0.15) is 0 Å². The fraction of sp³-hybridized carbons (Fsp3) is 0.400. The van der Waals surface area contributed by atoms with Crippen LogP contribution in [0.3, 0.4) is 0 Å². The summed E-state index contributed by atoms with van der Waals surface area (Å²) in [5.74, 6) is -0.538. The van der Waals surface area contributed by atoms with Gasteiger partial charge >= 0.3 is 0 Å². The molecule has 0 aliphatic heterocycles. The summed E-state index contributed by atoms with van der Waals surface area (Å²) in [5, 5.41) is 22.2. The molecule has 1 rings (SSSR count). The molecule has 0 aromatic heterocycles. The fourth-order valence-corrected chi connectivity index (χ4v) is 1.31. The zero-order valence-corrected chi connectivity index (χ0v) is 8.81. The number of nitro groups is 1. The number of anilines is 1. The Morgan fingerprint density at radius 3 is 2.88 bits per heavy atom. The van der Waals surface area contributed by atoms with Gasteiger partial charge in [-0.15, -0.1) is 0 Å². The molecule has 1 aromatic rings. The van der Waals surface area contributed by atoms with Crippen LogP contribution in [0.1, 0.15) is 13.3 Å². The Hall–Kier alpha value is -1.69. The van der Waals surface area contributed by atoms with Gasteiger partial charge in [-0.3, -0.25) is 10.1 Å². The molecule has 0 heterocycles. The van der Waals surface area contributed by atoms with E-state index in [0.29, 0.717) is 6.42 Å². The van der Waals surface area contributed by atoms with Crippen molar-refractivity contribution < 1.29 is 14.4 Å². The number of nitro benzene ring substituents is 1. The highest BCUT2D eigenvalue weighted by Gasteiger charge is 2.15. The predicted molar refractivity (Wildman–Crippen MR) is 57.8 cm³/mol. The Bertz CT molecular complexity index is 384. The van der Waals surface area contributed by atoms with Gasteiger partial charge in [-0.05, 0) is 19.4 Å². The Morgan fingerprint density at radius 1 is 1.62 bits per heavy atom. The molecule has 5 nitrogen and oxygen atoms in total. The van der Waals surface area contributed by atoms with Gasteiger partial charge in [-0.1, -0.05) is 0 Å². The van der Waals surface area contributed by atoms with E-state index in [1.807, 2.05) is 0 Å². The van der Waals surface area contributed by atoms with Crippen LogP contribution in [0.5, 0.6) is 0 Å². The summed E-state index contributed by atoms with van der Waals surface area (Å²) in [6, 6.07) is 3.07. The zero-order chi connectivity index (χ0) is 12.1. The fourth-order valence-electron chi connectivity index (χ4n) is 1.31. The van der Waals surface area contributed by atoms with Gasteiger partial charge in [0.25, 0.3) is 5.69 Å². The maximum Gasteiger partial charge on any atom is 0.292 e. The summed E-state index contributed by atoms with van der Waals surface area (Å²) in [7, 11) is 0. The molecule has 88 valence electrons. The largest absolute Gasteiger partial charge is 0.396 e. The lowest BCUT2D eigenvalue weighted by molar-refractivity contribution is -0.384. The number of hydrogen-bond donors (Lipinski definition) is 2. The highest BCUT2D eigenvalue weighted by molar-refractivity contribution is 5.61. The molecule has 1 aromatic carbocycles. The van der Waals surface area contributed by atoms with Crippen LogP contribution in [0.4, 0.5) is 15.8 Å². The van der Waals surface area contributed by atoms with E-state index in [4.69, 9.17) is 5.11 Å². The second-order valence-corrected chi connectivity index (χ2v) is 3.48. The highest BCUT2D eigenvalue weighted by atomic mass is 19.1. The number of aliphatic hydroxyl groups is 1. The van der Waals surface area contributed by atoms with E-state index in [2.05, 4.69) is 5.32 Å². The van der Waals surface area contributed by atoms with Crippen molar-refractivity contribution in [3.8, 4) is 0 Å². The van der Waals surface area contributed by atoms with Crippen LogP contribution >= 0.6 is 0 Å². The van der Waals surface area contributed by atoms with E-state index in [1.165, 1.54) is 0 Å². The lowest BCUT2D eigenvalue weighted by atomic mass is 10.2. The van der Waals surface area contributed by atoms with Crippen molar-refractivity contribution in [1.29, 1.82) is 0 Å². The molecule has 1 unspecified atom stereocenters. The standard InChI is InChI=1S/C10H13FN2O3/c1-7(4-5-14)12-9-6-8(11)2-3-10(9)13(15)16/h2-3,6-7,12,14H,4-5H2,1H3. The lowest BCUT2D eigenvalue weighted by Gasteiger charge is -2.13. The third-order valence-electron chi connectivity index (χ3n) is 2.12. The average molecular weight is 228 g/mol. The number of benzene rings is 1. The maximum atomic E-state index is 12.9. The van der Waals surface area contributed by atoms with Crippen LogP contribution < -0.4 is 5.32 Å².